The second kappa shape index (κ2) is 17.0. The number of aromatic nitrogens is 2. The number of hydrogen-bond acceptors (Lipinski definition) is 2. The van der Waals surface area contributed by atoms with Gasteiger partial charge in [0.15, 0.2) is 8.07 Å². The van der Waals surface area contributed by atoms with Crippen molar-refractivity contribution >= 4 is 116 Å². The van der Waals surface area contributed by atoms with E-state index >= 15 is 0 Å². The lowest BCUT2D eigenvalue weighted by atomic mass is 10.0. The molecule has 0 aliphatic rings. The Labute approximate surface area is 444 Å². The van der Waals surface area contributed by atoms with Gasteiger partial charge in [-0.1, -0.05) is 212 Å². The molecule has 0 saturated carbocycles. The fourth-order valence-electron chi connectivity index (χ4n) is 12.9. The van der Waals surface area contributed by atoms with Crippen molar-refractivity contribution < 1.29 is 8.83 Å². The van der Waals surface area contributed by atoms with Crippen LogP contribution >= 0.6 is 0 Å². The van der Waals surface area contributed by atoms with Crippen LogP contribution in [0, 0.1) is 0 Å². The molecule has 5 heteroatoms. The highest BCUT2D eigenvalue weighted by Crippen LogP contribution is 2.40. The number of rotatable bonds is 8. The summed E-state index contributed by atoms with van der Waals surface area (Å²) in [5, 5.41) is 14.2. The summed E-state index contributed by atoms with van der Waals surface area (Å²) in [4.78, 5) is 0. The Morgan fingerprint density at radius 1 is 0.273 bits per heavy atom. The van der Waals surface area contributed by atoms with Crippen molar-refractivity contribution in [2.75, 3.05) is 0 Å². The normalized spacial score (nSPS) is 12.2. The van der Waals surface area contributed by atoms with Crippen molar-refractivity contribution in [1.29, 1.82) is 0 Å². The molecular formula is C72H46N2O2Si. The van der Waals surface area contributed by atoms with Crippen molar-refractivity contribution in [2.45, 2.75) is 0 Å². The maximum absolute atomic E-state index is 7.27. The van der Waals surface area contributed by atoms with Gasteiger partial charge < -0.3 is 18.0 Å². The Hall–Kier alpha value is -9.94. The van der Waals surface area contributed by atoms with Crippen LogP contribution < -0.4 is 20.7 Å². The molecule has 0 unspecified atom stereocenters. The van der Waals surface area contributed by atoms with E-state index in [4.69, 9.17) is 8.83 Å². The number of benzene rings is 12. The molecule has 16 rings (SSSR count). The van der Waals surface area contributed by atoms with Gasteiger partial charge in [-0.3, -0.25) is 0 Å². The van der Waals surface area contributed by atoms with Crippen LogP contribution in [0.3, 0.4) is 0 Å². The van der Waals surface area contributed by atoms with Crippen LogP contribution in [0.25, 0.3) is 121 Å². The maximum Gasteiger partial charge on any atom is 0.188 e. The summed E-state index contributed by atoms with van der Waals surface area (Å²) in [6, 6.07) is 102. The van der Waals surface area contributed by atoms with Crippen LogP contribution in [0.1, 0.15) is 0 Å². The van der Waals surface area contributed by atoms with Crippen molar-refractivity contribution in [1.82, 2.24) is 9.13 Å². The van der Waals surface area contributed by atoms with Gasteiger partial charge in [-0.2, -0.15) is 0 Å². The van der Waals surface area contributed by atoms with Gasteiger partial charge in [0, 0.05) is 54.3 Å². The van der Waals surface area contributed by atoms with Crippen molar-refractivity contribution in [3.05, 3.63) is 279 Å². The van der Waals surface area contributed by atoms with Crippen molar-refractivity contribution in [3.63, 3.8) is 0 Å². The second-order valence-corrected chi connectivity index (χ2v) is 24.0. The molecule has 0 aliphatic carbocycles. The first-order valence-electron chi connectivity index (χ1n) is 26.4. The Bertz CT molecular complexity index is 4840. The lowest BCUT2D eigenvalue weighted by Gasteiger charge is -2.34. The molecule has 0 radical (unpaired) electrons. The highest BCUT2D eigenvalue weighted by atomic mass is 28.3. The van der Waals surface area contributed by atoms with Gasteiger partial charge >= 0.3 is 0 Å². The average molecular weight is 999 g/mol. The molecule has 4 heterocycles. The van der Waals surface area contributed by atoms with E-state index in [0.717, 1.165) is 77.5 Å². The zero-order valence-electron chi connectivity index (χ0n) is 41.8. The van der Waals surface area contributed by atoms with Gasteiger partial charge in [0.25, 0.3) is 0 Å². The Balaban J connectivity index is 0.869. The van der Waals surface area contributed by atoms with E-state index < -0.39 is 8.07 Å². The molecule has 16 aromatic rings. The lowest BCUT2D eigenvalue weighted by Crippen LogP contribution is -2.75. The van der Waals surface area contributed by atoms with E-state index in [1.54, 1.807) is 0 Å². The molecule has 4 aromatic heterocycles. The molecule has 360 valence electrons. The van der Waals surface area contributed by atoms with Crippen molar-refractivity contribution in [2.24, 2.45) is 0 Å². The second-order valence-electron chi connectivity index (χ2n) is 20.3. The predicted molar refractivity (Wildman–Crippen MR) is 324 cm³/mol. The minimum atomic E-state index is -3.27. The fraction of sp³-hybridized carbons (Fsp3) is 0. The molecule has 0 atom stereocenters. The van der Waals surface area contributed by atoms with Crippen LogP contribution in [-0.2, 0) is 0 Å². The standard InChI is InChI=1S/C72H46N2O2Si/c1-3-19-51(20-4-1)77(52-21-5-2-6-22-52,69-35-17-28-58-60-45-48(39-43-67(60)75-71(58)69)47-37-41-50(42-38-47)73-63-31-13-8-24-54(63)55-25-9-14-32-64(55)73)70-36-18-29-59-61-46-49(40-44-68(61)76-72(59)70)53-23-7-12-30-62(53)74-65-33-15-10-26-56(65)57-27-11-16-34-66(57)74/h1-46H. The number of nitrogens with zero attached hydrogens (tertiary/aromatic N) is 2. The zero-order valence-corrected chi connectivity index (χ0v) is 42.8. The Morgan fingerprint density at radius 3 is 1.19 bits per heavy atom. The van der Waals surface area contributed by atoms with Crippen LogP contribution in [-0.4, -0.2) is 17.2 Å². The molecule has 12 aromatic carbocycles. The zero-order chi connectivity index (χ0) is 50.6. The van der Waals surface area contributed by atoms with E-state index in [-0.39, 0.29) is 0 Å². The van der Waals surface area contributed by atoms with Gasteiger partial charge in [0.05, 0.1) is 27.8 Å². The summed E-state index contributed by atoms with van der Waals surface area (Å²) < 4.78 is 19.3. The summed E-state index contributed by atoms with van der Waals surface area (Å²) in [5.74, 6) is 0. The lowest BCUT2D eigenvalue weighted by molar-refractivity contribution is 0.670. The fourth-order valence-corrected chi connectivity index (χ4v) is 17.9. The molecule has 77 heavy (non-hydrogen) atoms. The molecule has 0 spiro atoms. The van der Waals surface area contributed by atoms with Crippen LogP contribution in [0.2, 0.25) is 0 Å². The first-order chi connectivity index (χ1) is 38.2. The van der Waals surface area contributed by atoms with E-state index in [2.05, 4.69) is 288 Å². The van der Waals surface area contributed by atoms with Gasteiger partial charge in [0.1, 0.15) is 22.3 Å². The van der Waals surface area contributed by atoms with Gasteiger partial charge in [-0.15, -0.1) is 0 Å². The van der Waals surface area contributed by atoms with Crippen LogP contribution in [0.5, 0.6) is 0 Å². The van der Waals surface area contributed by atoms with Gasteiger partial charge in [0.2, 0.25) is 0 Å². The number of furan rings is 2. The number of hydrogen-bond donors (Lipinski definition) is 0. The summed E-state index contributed by atoms with van der Waals surface area (Å²) in [7, 11) is -3.27. The van der Waals surface area contributed by atoms with E-state index in [1.807, 2.05) is 0 Å². The smallest absolute Gasteiger partial charge is 0.188 e. The monoisotopic (exact) mass is 998 g/mol. The molecule has 0 aliphatic heterocycles. The predicted octanol–water partition coefficient (Wildman–Crippen LogP) is 16.4. The van der Waals surface area contributed by atoms with Gasteiger partial charge in [-0.25, -0.2) is 0 Å². The molecule has 0 N–H and O–H groups in total. The molecule has 0 amide bonds. The molecule has 4 nitrogen and oxygen atoms in total. The third-order valence-electron chi connectivity index (χ3n) is 16.3. The van der Waals surface area contributed by atoms with Gasteiger partial charge in [-0.05, 0) is 104 Å². The highest BCUT2D eigenvalue weighted by molar-refractivity contribution is 7.21. The molecule has 0 bridgehead atoms. The molecule has 0 saturated heterocycles. The summed E-state index contributed by atoms with van der Waals surface area (Å²) >= 11 is 0. The van der Waals surface area contributed by atoms with Crippen molar-refractivity contribution in [3.8, 4) is 33.6 Å². The van der Waals surface area contributed by atoms with Crippen LogP contribution in [0.15, 0.2) is 288 Å². The quantitative estimate of drug-likeness (QED) is 0.112. The third kappa shape index (κ3) is 6.45. The molecular weight excluding hydrogens is 953 g/mol. The van der Waals surface area contributed by atoms with E-state index in [1.165, 1.54) is 64.4 Å². The minimum Gasteiger partial charge on any atom is -0.456 e. The average Bonchev–Trinajstić information content (AvgIpc) is 4.33. The van der Waals surface area contributed by atoms with E-state index in [9.17, 15) is 0 Å². The summed E-state index contributed by atoms with van der Waals surface area (Å²) in [5.41, 5.74) is 15.1. The van der Waals surface area contributed by atoms with E-state index in [0.29, 0.717) is 0 Å². The first-order valence-corrected chi connectivity index (χ1v) is 28.4. The number of para-hydroxylation sites is 7. The SMILES string of the molecule is c1ccc([Si](c2ccccc2)(c2cccc3c2oc2ccc(-c4ccc(-n5c6ccccc6c6ccccc65)cc4)cc23)c2cccc3c2oc2ccc(-c4ccccc4-n4c5ccccc5c5ccccc54)cc23)cc1. The first kappa shape index (κ1) is 43.5. The summed E-state index contributed by atoms with van der Waals surface area (Å²) in [6.45, 7) is 0. The Kier molecular flexibility index (Phi) is 9.62. The van der Waals surface area contributed by atoms with Crippen LogP contribution in [0.4, 0.5) is 0 Å². The highest BCUT2D eigenvalue weighted by Gasteiger charge is 2.45. The molecule has 0 fully saturated rings. The topological polar surface area (TPSA) is 36.1 Å². The number of fused-ring (bicyclic) bond motifs is 12. The third-order valence-corrected chi connectivity index (χ3v) is 21.1. The minimum absolute atomic E-state index is 0.854. The largest absolute Gasteiger partial charge is 0.456 e. The summed E-state index contributed by atoms with van der Waals surface area (Å²) in [6.07, 6.45) is 0. The maximum atomic E-state index is 7.27. The Morgan fingerprint density at radius 2 is 0.675 bits per heavy atom.